The first kappa shape index (κ1) is 22.5. The van der Waals surface area contributed by atoms with E-state index in [4.69, 9.17) is 5.26 Å². The number of guanidine groups is 1. The van der Waals surface area contributed by atoms with E-state index in [-0.39, 0.29) is 30.1 Å². The summed E-state index contributed by atoms with van der Waals surface area (Å²) in [6.45, 7) is 2.55. The lowest BCUT2D eigenvalue weighted by Gasteiger charge is -2.27. The molecule has 31 heavy (non-hydrogen) atoms. The number of carbonyl (C=O) groups is 2. The molecule has 9 heteroatoms. The van der Waals surface area contributed by atoms with Gasteiger partial charge >= 0.3 is 0 Å². The van der Waals surface area contributed by atoms with Gasteiger partial charge in [-0.3, -0.25) is 19.9 Å². The first-order chi connectivity index (χ1) is 15.1. The number of benzene rings is 1. The molecule has 8 nitrogen and oxygen atoms in total. The Labute approximate surface area is 182 Å². The van der Waals surface area contributed by atoms with Crippen molar-refractivity contribution in [1.29, 1.82) is 5.26 Å². The lowest BCUT2D eigenvalue weighted by Crippen LogP contribution is -2.52. The minimum absolute atomic E-state index is 0.00478. The second kappa shape index (κ2) is 11.3. The Morgan fingerprint density at radius 3 is 2.58 bits per heavy atom. The molecule has 2 aliphatic heterocycles. The number of halogens is 1. The third-order valence-corrected chi connectivity index (χ3v) is 5.63. The van der Waals surface area contributed by atoms with Crippen molar-refractivity contribution in [1.82, 2.24) is 20.4 Å². The summed E-state index contributed by atoms with van der Waals surface area (Å²) in [5.41, 5.74) is 0.929. The smallest absolute Gasteiger partial charge is 0.245 e. The highest BCUT2D eigenvalue weighted by atomic mass is 19.1. The van der Waals surface area contributed by atoms with Gasteiger partial charge in [-0.05, 0) is 56.2 Å². The molecule has 2 aliphatic rings. The maximum atomic E-state index is 13.1. The van der Waals surface area contributed by atoms with Crippen LogP contribution >= 0.6 is 0 Å². The zero-order valence-electron chi connectivity index (χ0n) is 17.6. The molecule has 2 amide bonds. The van der Waals surface area contributed by atoms with Crippen molar-refractivity contribution in [2.75, 3.05) is 32.7 Å². The number of amides is 2. The zero-order valence-corrected chi connectivity index (χ0v) is 17.6. The van der Waals surface area contributed by atoms with Crippen LogP contribution < -0.4 is 10.6 Å². The Morgan fingerprint density at radius 1 is 1.16 bits per heavy atom. The summed E-state index contributed by atoms with van der Waals surface area (Å²) >= 11 is 0. The third-order valence-electron chi connectivity index (χ3n) is 5.63. The molecule has 0 aliphatic carbocycles. The first-order valence-electron chi connectivity index (χ1n) is 10.8. The Kier molecular flexibility index (Phi) is 8.21. The molecule has 0 spiro atoms. The molecule has 166 valence electrons. The number of nitrogens with zero attached hydrogens (tertiary/aromatic N) is 4. The van der Waals surface area contributed by atoms with Crippen LogP contribution in [0.3, 0.4) is 0 Å². The van der Waals surface area contributed by atoms with E-state index < -0.39 is 6.04 Å². The molecule has 3 rings (SSSR count). The minimum Gasteiger partial charge on any atom is -0.344 e. The number of nitrogens with one attached hydrogen (secondary N) is 2. The van der Waals surface area contributed by atoms with Crippen LogP contribution in [0.4, 0.5) is 4.39 Å². The van der Waals surface area contributed by atoms with Gasteiger partial charge in [0.05, 0.1) is 6.54 Å². The van der Waals surface area contributed by atoms with Gasteiger partial charge in [0, 0.05) is 26.2 Å². The molecule has 0 radical (unpaired) electrons. The molecule has 0 saturated carbocycles. The summed E-state index contributed by atoms with van der Waals surface area (Å²) in [7, 11) is 0. The largest absolute Gasteiger partial charge is 0.344 e. The van der Waals surface area contributed by atoms with Crippen molar-refractivity contribution in [3.05, 3.63) is 35.6 Å². The average Bonchev–Trinajstić information content (AvgIpc) is 3.25. The van der Waals surface area contributed by atoms with Crippen LogP contribution in [0.2, 0.25) is 0 Å². The summed E-state index contributed by atoms with van der Waals surface area (Å²) in [6.07, 6.45) is 6.74. The number of carbonyl (C=O) groups excluding carboxylic acids is 2. The Morgan fingerprint density at radius 2 is 1.87 bits per heavy atom. The normalized spacial score (nSPS) is 19.7. The van der Waals surface area contributed by atoms with Crippen LogP contribution in [0, 0.1) is 17.3 Å². The molecule has 2 fully saturated rings. The van der Waals surface area contributed by atoms with Crippen LogP contribution in [0.1, 0.15) is 37.7 Å². The van der Waals surface area contributed by atoms with Gasteiger partial charge in [-0.1, -0.05) is 12.1 Å². The van der Waals surface area contributed by atoms with Gasteiger partial charge in [-0.25, -0.2) is 4.39 Å². The summed E-state index contributed by atoms with van der Waals surface area (Å²) in [5, 5.41) is 14.6. The zero-order chi connectivity index (χ0) is 22.1. The topological polar surface area (TPSA) is 101 Å². The van der Waals surface area contributed by atoms with Gasteiger partial charge in [0.1, 0.15) is 11.9 Å². The monoisotopic (exact) mass is 428 g/mol. The molecular formula is C22H29FN6O2. The summed E-state index contributed by atoms with van der Waals surface area (Å²) in [4.78, 5) is 33.4. The lowest BCUT2D eigenvalue weighted by molar-refractivity contribution is -0.140. The minimum atomic E-state index is -0.542. The van der Waals surface area contributed by atoms with Gasteiger partial charge in [-0.15, -0.1) is 0 Å². The van der Waals surface area contributed by atoms with Gasteiger partial charge in [0.2, 0.25) is 17.8 Å². The molecule has 2 heterocycles. The summed E-state index contributed by atoms with van der Waals surface area (Å²) in [6, 6.07) is 5.64. The second-order valence-corrected chi connectivity index (χ2v) is 7.88. The maximum absolute atomic E-state index is 13.1. The van der Waals surface area contributed by atoms with Crippen molar-refractivity contribution in [3.63, 3.8) is 0 Å². The van der Waals surface area contributed by atoms with Crippen LogP contribution in [0.25, 0.3) is 0 Å². The Balaban J connectivity index is 1.59. The third kappa shape index (κ3) is 6.67. The predicted octanol–water partition coefficient (Wildman–Crippen LogP) is 1.39. The molecular weight excluding hydrogens is 399 g/mol. The number of rotatable bonds is 6. The fraction of sp³-hybridized carbons (Fsp3) is 0.545. The lowest BCUT2D eigenvalue weighted by atomic mass is 10.1. The molecule has 1 unspecified atom stereocenters. The number of hydrogen-bond acceptors (Lipinski definition) is 4. The van der Waals surface area contributed by atoms with E-state index in [2.05, 4.69) is 15.6 Å². The van der Waals surface area contributed by atoms with E-state index in [0.717, 1.165) is 44.3 Å². The number of hydrogen-bond donors (Lipinski definition) is 2. The predicted molar refractivity (Wildman–Crippen MR) is 114 cm³/mol. The van der Waals surface area contributed by atoms with Gasteiger partial charge in [0.15, 0.2) is 6.19 Å². The van der Waals surface area contributed by atoms with E-state index in [0.29, 0.717) is 25.9 Å². The van der Waals surface area contributed by atoms with Crippen LogP contribution in [0.15, 0.2) is 29.3 Å². The number of nitriles is 1. The van der Waals surface area contributed by atoms with Crippen molar-refractivity contribution in [2.45, 2.75) is 44.6 Å². The van der Waals surface area contributed by atoms with Crippen molar-refractivity contribution >= 4 is 17.8 Å². The van der Waals surface area contributed by atoms with Gasteiger partial charge in [-0.2, -0.15) is 5.26 Å². The molecule has 2 N–H and O–H groups in total. The Bertz CT molecular complexity index is 829. The Hall–Kier alpha value is -3.15. The molecule has 1 atom stereocenters. The second-order valence-electron chi connectivity index (χ2n) is 7.88. The van der Waals surface area contributed by atoms with Gasteiger partial charge in [0.25, 0.3) is 0 Å². The van der Waals surface area contributed by atoms with E-state index >= 15 is 0 Å². The van der Waals surface area contributed by atoms with Gasteiger partial charge < -0.3 is 15.1 Å². The van der Waals surface area contributed by atoms with Crippen LogP contribution in [-0.2, 0) is 16.0 Å². The number of aliphatic imine (C=N–C) groups is 1. The van der Waals surface area contributed by atoms with Crippen molar-refractivity contribution in [2.24, 2.45) is 4.99 Å². The van der Waals surface area contributed by atoms with Crippen LogP contribution in [0.5, 0.6) is 0 Å². The van der Waals surface area contributed by atoms with E-state index in [1.165, 1.54) is 12.1 Å². The molecule has 2 saturated heterocycles. The maximum Gasteiger partial charge on any atom is 0.245 e. The molecule has 0 bridgehead atoms. The van der Waals surface area contributed by atoms with Crippen molar-refractivity contribution in [3.8, 4) is 6.19 Å². The van der Waals surface area contributed by atoms with E-state index in [1.807, 2.05) is 11.1 Å². The van der Waals surface area contributed by atoms with Crippen molar-refractivity contribution < 1.29 is 14.0 Å². The molecule has 0 aromatic heterocycles. The molecule has 1 aromatic rings. The van der Waals surface area contributed by atoms with E-state index in [9.17, 15) is 14.0 Å². The average molecular weight is 429 g/mol. The fourth-order valence-corrected chi connectivity index (χ4v) is 3.91. The van der Waals surface area contributed by atoms with Crippen LogP contribution in [-0.4, -0.2) is 66.3 Å². The standard InChI is InChI=1S/C22H29FN6O2/c23-18-8-6-17(7-9-18)10-11-25-22(26-16-24)27-19-5-1-2-14-29(21(19)31)15-20(30)28-12-3-4-13-28/h6-9,19H,1-5,10-15H2,(H2,25,26,27). The highest BCUT2D eigenvalue weighted by Gasteiger charge is 2.30. The summed E-state index contributed by atoms with van der Waals surface area (Å²) < 4.78 is 13.0. The SMILES string of the molecule is N#CNC(=NCCc1ccc(F)cc1)NC1CCCCN(CC(=O)N2CCCC2)C1=O. The highest BCUT2D eigenvalue weighted by Crippen LogP contribution is 2.14. The van der Waals surface area contributed by atoms with E-state index in [1.54, 1.807) is 17.0 Å². The summed E-state index contributed by atoms with van der Waals surface area (Å²) in [5.74, 6) is -0.207. The number of likely N-dealkylation sites (tertiary alicyclic amines) is 2. The quantitative estimate of drug-likeness (QED) is 0.309. The fourth-order valence-electron chi connectivity index (χ4n) is 3.91. The highest BCUT2D eigenvalue weighted by molar-refractivity contribution is 5.92. The first-order valence-corrected chi connectivity index (χ1v) is 10.8. The molecule has 1 aromatic carbocycles.